The van der Waals surface area contributed by atoms with Crippen molar-refractivity contribution < 1.29 is 19.4 Å². The molecular formula is C37H34N4O4. The zero-order valence-electron chi connectivity index (χ0n) is 25.4. The van der Waals surface area contributed by atoms with Gasteiger partial charge < -0.3 is 19.7 Å². The Hall–Kier alpha value is -5.50. The number of ether oxygens (including phenoxy) is 1. The van der Waals surface area contributed by atoms with Crippen LogP contribution in [-0.4, -0.2) is 31.5 Å². The summed E-state index contributed by atoms with van der Waals surface area (Å²) in [6.45, 7) is 5.76. The number of fused-ring (bicyclic) bond motifs is 2. The van der Waals surface area contributed by atoms with E-state index >= 15 is 0 Å². The van der Waals surface area contributed by atoms with Crippen molar-refractivity contribution in [2.45, 2.75) is 40.3 Å². The number of aliphatic carboxylic acids is 1. The lowest BCUT2D eigenvalue weighted by atomic mass is 9.89. The van der Waals surface area contributed by atoms with Crippen LogP contribution in [0.4, 0.5) is 5.69 Å². The molecule has 0 radical (unpaired) electrons. The quantitative estimate of drug-likeness (QED) is 0.169. The monoisotopic (exact) mass is 598 g/mol. The van der Waals surface area contributed by atoms with Gasteiger partial charge >= 0.3 is 5.97 Å². The Morgan fingerprint density at radius 2 is 1.64 bits per heavy atom. The standard InChI is InChI=1S/C37H34N4O4/c1-24(42)38-29-9-6-8-28(19-29)26-13-11-25(12-14-26)22-41-34-18-17-31(20-33(34)40-35(41)21-37(2,3)36(43)44)45-23-30-16-15-27-7-4-5-10-32(27)39-30/h4-20H,21-23H2,1-3H3,(H,38,42)(H,43,44). The zero-order valence-corrected chi connectivity index (χ0v) is 25.4. The first-order valence-electron chi connectivity index (χ1n) is 14.8. The highest BCUT2D eigenvalue weighted by Crippen LogP contribution is 2.29. The van der Waals surface area contributed by atoms with Gasteiger partial charge in [-0.05, 0) is 66.9 Å². The maximum atomic E-state index is 12.0. The molecule has 0 atom stereocenters. The van der Waals surface area contributed by atoms with Crippen LogP contribution >= 0.6 is 0 Å². The Balaban J connectivity index is 1.26. The summed E-state index contributed by atoms with van der Waals surface area (Å²) in [5, 5.41) is 13.8. The molecule has 0 aliphatic rings. The summed E-state index contributed by atoms with van der Waals surface area (Å²) < 4.78 is 8.20. The number of hydrogen-bond donors (Lipinski definition) is 2. The molecule has 8 heteroatoms. The van der Waals surface area contributed by atoms with Crippen molar-refractivity contribution in [3.05, 3.63) is 120 Å². The van der Waals surface area contributed by atoms with Gasteiger partial charge in [-0.3, -0.25) is 9.59 Å². The van der Waals surface area contributed by atoms with Gasteiger partial charge in [0, 0.05) is 37.0 Å². The molecule has 2 N–H and O–H groups in total. The molecule has 0 aliphatic carbocycles. The molecule has 4 aromatic carbocycles. The minimum atomic E-state index is -0.997. The average molecular weight is 599 g/mol. The van der Waals surface area contributed by atoms with E-state index in [1.54, 1.807) is 13.8 Å². The fourth-order valence-corrected chi connectivity index (χ4v) is 5.34. The van der Waals surface area contributed by atoms with Gasteiger partial charge in [-0.15, -0.1) is 0 Å². The van der Waals surface area contributed by atoms with Crippen LogP contribution in [0.5, 0.6) is 5.75 Å². The fraction of sp³-hybridized carbons (Fsp3) is 0.189. The molecular weight excluding hydrogens is 564 g/mol. The molecule has 226 valence electrons. The number of benzene rings is 4. The maximum absolute atomic E-state index is 12.0. The van der Waals surface area contributed by atoms with Crippen LogP contribution in [0.25, 0.3) is 33.1 Å². The van der Waals surface area contributed by atoms with Crippen LogP contribution in [-0.2, 0) is 29.2 Å². The van der Waals surface area contributed by atoms with Gasteiger partial charge in [0.2, 0.25) is 5.91 Å². The second kappa shape index (κ2) is 12.2. The van der Waals surface area contributed by atoms with E-state index in [2.05, 4.69) is 34.1 Å². The number of carbonyl (C=O) groups is 2. The molecule has 6 aromatic rings. The van der Waals surface area contributed by atoms with Gasteiger partial charge in [0.05, 0.1) is 27.7 Å². The third-order valence-corrected chi connectivity index (χ3v) is 7.83. The Bertz CT molecular complexity index is 2030. The van der Waals surface area contributed by atoms with Crippen LogP contribution in [0, 0.1) is 5.41 Å². The van der Waals surface area contributed by atoms with E-state index in [1.807, 2.05) is 78.9 Å². The van der Waals surface area contributed by atoms with E-state index in [0.717, 1.165) is 50.0 Å². The van der Waals surface area contributed by atoms with Crippen molar-refractivity contribution in [2.75, 3.05) is 5.32 Å². The van der Waals surface area contributed by atoms with E-state index in [0.29, 0.717) is 24.7 Å². The number of hydrogen-bond acceptors (Lipinski definition) is 5. The number of rotatable bonds is 10. The minimum absolute atomic E-state index is 0.113. The lowest BCUT2D eigenvalue weighted by Gasteiger charge is -2.19. The number of carbonyl (C=O) groups excluding carboxylic acids is 1. The van der Waals surface area contributed by atoms with Crippen LogP contribution in [0.15, 0.2) is 103 Å². The first-order valence-corrected chi connectivity index (χ1v) is 14.8. The summed E-state index contributed by atoms with van der Waals surface area (Å²) in [4.78, 5) is 33.1. The molecule has 2 aromatic heterocycles. The predicted molar refractivity (Wildman–Crippen MR) is 176 cm³/mol. The van der Waals surface area contributed by atoms with Crippen LogP contribution in [0.2, 0.25) is 0 Å². The molecule has 0 aliphatic heterocycles. The lowest BCUT2D eigenvalue weighted by Crippen LogP contribution is -2.27. The molecule has 0 fully saturated rings. The van der Waals surface area contributed by atoms with Gasteiger partial charge in [0.25, 0.3) is 0 Å². The SMILES string of the molecule is CC(=O)Nc1cccc(-c2ccc(Cn3c(CC(C)(C)C(=O)O)nc4cc(OCc5ccc6ccccc6n5)ccc43)cc2)c1. The van der Waals surface area contributed by atoms with Gasteiger partial charge in [0.15, 0.2) is 0 Å². The zero-order chi connectivity index (χ0) is 31.6. The van der Waals surface area contributed by atoms with Gasteiger partial charge in [-0.25, -0.2) is 9.97 Å². The molecule has 2 heterocycles. The highest BCUT2D eigenvalue weighted by Gasteiger charge is 2.30. The Morgan fingerprint density at radius 3 is 2.42 bits per heavy atom. The summed E-state index contributed by atoms with van der Waals surface area (Å²) in [6.07, 6.45) is 0.266. The Labute approximate surface area is 261 Å². The highest BCUT2D eigenvalue weighted by atomic mass is 16.5. The van der Waals surface area contributed by atoms with Gasteiger partial charge in [0.1, 0.15) is 18.2 Å². The van der Waals surface area contributed by atoms with E-state index in [1.165, 1.54) is 6.92 Å². The number of imidazole rings is 1. The second-order valence-corrected chi connectivity index (χ2v) is 11.9. The first-order chi connectivity index (χ1) is 21.6. The van der Waals surface area contributed by atoms with Crippen molar-refractivity contribution in [1.29, 1.82) is 0 Å². The topological polar surface area (TPSA) is 106 Å². The largest absolute Gasteiger partial charge is 0.487 e. The van der Waals surface area contributed by atoms with Crippen molar-refractivity contribution >= 4 is 39.5 Å². The van der Waals surface area contributed by atoms with Gasteiger partial charge in [-0.2, -0.15) is 0 Å². The molecule has 0 saturated carbocycles. The van der Waals surface area contributed by atoms with Crippen molar-refractivity contribution in [2.24, 2.45) is 5.41 Å². The minimum Gasteiger partial charge on any atom is -0.487 e. The van der Waals surface area contributed by atoms with Crippen LogP contribution < -0.4 is 10.1 Å². The van der Waals surface area contributed by atoms with E-state index in [-0.39, 0.29) is 12.3 Å². The number of carboxylic acid groups (broad SMARTS) is 1. The number of amides is 1. The summed E-state index contributed by atoms with van der Waals surface area (Å²) in [5.74, 6) is 0.367. The third-order valence-electron chi connectivity index (χ3n) is 7.83. The maximum Gasteiger partial charge on any atom is 0.309 e. The summed E-state index contributed by atoms with van der Waals surface area (Å²) in [7, 11) is 0. The number of nitrogens with zero attached hydrogens (tertiary/aromatic N) is 3. The Morgan fingerprint density at radius 1 is 0.844 bits per heavy atom. The number of aromatic nitrogens is 3. The van der Waals surface area contributed by atoms with Crippen molar-refractivity contribution in [3.8, 4) is 16.9 Å². The van der Waals surface area contributed by atoms with Crippen LogP contribution in [0.3, 0.4) is 0 Å². The van der Waals surface area contributed by atoms with Crippen LogP contribution in [0.1, 0.15) is 37.9 Å². The average Bonchev–Trinajstić information content (AvgIpc) is 3.35. The number of para-hydroxylation sites is 1. The first kappa shape index (κ1) is 29.6. The number of nitrogens with one attached hydrogen (secondary N) is 1. The molecule has 0 unspecified atom stereocenters. The third kappa shape index (κ3) is 6.70. The lowest BCUT2D eigenvalue weighted by molar-refractivity contribution is -0.146. The van der Waals surface area contributed by atoms with E-state index in [9.17, 15) is 14.7 Å². The molecule has 45 heavy (non-hydrogen) atoms. The number of carboxylic acids is 1. The molecule has 0 spiro atoms. The van der Waals surface area contributed by atoms with Crippen molar-refractivity contribution in [1.82, 2.24) is 14.5 Å². The number of anilines is 1. The van der Waals surface area contributed by atoms with E-state index < -0.39 is 11.4 Å². The smallest absolute Gasteiger partial charge is 0.309 e. The molecule has 1 amide bonds. The fourth-order valence-electron chi connectivity index (χ4n) is 5.34. The molecule has 0 saturated heterocycles. The Kier molecular flexibility index (Phi) is 8.04. The number of pyridine rings is 1. The predicted octanol–water partition coefficient (Wildman–Crippen LogP) is 7.49. The van der Waals surface area contributed by atoms with E-state index in [4.69, 9.17) is 14.7 Å². The highest BCUT2D eigenvalue weighted by molar-refractivity contribution is 5.89. The van der Waals surface area contributed by atoms with Gasteiger partial charge in [-0.1, -0.05) is 60.7 Å². The summed E-state index contributed by atoms with van der Waals surface area (Å²) >= 11 is 0. The second-order valence-electron chi connectivity index (χ2n) is 11.9. The molecule has 0 bridgehead atoms. The normalized spacial score (nSPS) is 11.5. The van der Waals surface area contributed by atoms with Crippen molar-refractivity contribution in [3.63, 3.8) is 0 Å². The summed E-state index contributed by atoms with van der Waals surface area (Å²) in [5.41, 5.74) is 6.20. The molecule has 6 rings (SSSR count). The summed E-state index contributed by atoms with van der Waals surface area (Å²) in [6, 6.07) is 33.7. The molecule has 8 nitrogen and oxygen atoms in total.